The van der Waals surface area contributed by atoms with Crippen LogP contribution >= 0.6 is 0 Å². The Morgan fingerprint density at radius 2 is 2.09 bits per heavy atom. The van der Waals surface area contributed by atoms with Gasteiger partial charge in [0.25, 0.3) is 5.56 Å². The fraction of sp³-hybridized carbons (Fsp3) is 0.667. The highest BCUT2D eigenvalue weighted by molar-refractivity contribution is 5.76. The fourth-order valence-electron chi connectivity index (χ4n) is 2.58. The number of aromatic nitrogens is 2. The van der Waals surface area contributed by atoms with Crippen molar-refractivity contribution in [1.82, 2.24) is 14.9 Å². The molecule has 0 saturated carbocycles. The smallest absolute Gasteiger partial charge is 0.255 e. The molecule has 0 spiro atoms. The molecule has 1 saturated heterocycles. The van der Waals surface area contributed by atoms with Crippen molar-refractivity contribution in [3.63, 3.8) is 0 Å². The summed E-state index contributed by atoms with van der Waals surface area (Å²) in [6.07, 6.45) is 2.14. The summed E-state index contributed by atoms with van der Waals surface area (Å²) in [7, 11) is 1.57. The Balaban J connectivity index is 2.33. The van der Waals surface area contributed by atoms with Crippen LogP contribution in [0.15, 0.2) is 10.9 Å². The molecule has 1 aliphatic heterocycles. The highest BCUT2D eigenvalue weighted by Gasteiger charge is 2.20. The van der Waals surface area contributed by atoms with Crippen molar-refractivity contribution in [1.29, 1.82) is 0 Å². The van der Waals surface area contributed by atoms with Crippen molar-refractivity contribution in [2.45, 2.75) is 45.9 Å². The molecule has 0 unspecified atom stereocenters. The van der Waals surface area contributed by atoms with Crippen LogP contribution < -0.4 is 15.8 Å². The number of methoxy groups -OCH3 is 1. The summed E-state index contributed by atoms with van der Waals surface area (Å²) in [5.74, 6) is 0.384. The summed E-state index contributed by atoms with van der Waals surface area (Å²) in [5, 5.41) is 2.81. The molecule has 0 aromatic carbocycles. The lowest BCUT2D eigenvalue weighted by Crippen LogP contribution is -2.39. The molecule has 1 aliphatic rings. The molecule has 7 nitrogen and oxygen atoms in total. The van der Waals surface area contributed by atoms with Gasteiger partial charge in [-0.1, -0.05) is 0 Å². The molecular weight excluding hydrogens is 284 g/mol. The summed E-state index contributed by atoms with van der Waals surface area (Å²) in [6.45, 7) is 5.77. The number of carbonyl (C=O) groups is 1. The van der Waals surface area contributed by atoms with E-state index < -0.39 is 0 Å². The van der Waals surface area contributed by atoms with Gasteiger partial charge in [-0.15, -0.1) is 0 Å². The Morgan fingerprint density at radius 3 is 2.68 bits per heavy atom. The maximum atomic E-state index is 12.4. The number of anilines is 1. The molecule has 1 amide bonds. The first-order valence-electron chi connectivity index (χ1n) is 7.65. The maximum Gasteiger partial charge on any atom is 0.255 e. The van der Waals surface area contributed by atoms with Crippen LogP contribution in [0.1, 0.15) is 32.4 Å². The molecule has 0 atom stereocenters. The first kappa shape index (κ1) is 16.5. The van der Waals surface area contributed by atoms with Gasteiger partial charge in [0, 0.05) is 32.3 Å². The number of rotatable bonds is 6. The van der Waals surface area contributed by atoms with E-state index in [-0.39, 0.29) is 30.7 Å². The monoisotopic (exact) mass is 308 g/mol. The molecule has 7 heteroatoms. The Bertz CT molecular complexity index is 577. The topological polar surface area (TPSA) is 76.5 Å². The normalized spacial score (nSPS) is 14.6. The zero-order valence-corrected chi connectivity index (χ0v) is 13.5. The van der Waals surface area contributed by atoms with Gasteiger partial charge in [-0.25, -0.2) is 4.98 Å². The lowest BCUT2D eigenvalue weighted by atomic mass is 10.3. The summed E-state index contributed by atoms with van der Waals surface area (Å²) in [6, 6.07) is 1.48. The number of hydrogen-bond acceptors (Lipinski definition) is 5. The Labute approximate surface area is 130 Å². The molecule has 1 aromatic heterocycles. The zero-order valence-electron chi connectivity index (χ0n) is 13.5. The molecule has 0 radical (unpaired) electrons. The van der Waals surface area contributed by atoms with Crippen molar-refractivity contribution >= 4 is 11.9 Å². The third-order valence-corrected chi connectivity index (χ3v) is 3.47. The minimum Gasteiger partial charge on any atom is -0.378 e. The average Bonchev–Trinajstić information content (AvgIpc) is 2.94. The van der Waals surface area contributed by atoms with Gasteiger partial charge in [0.1, 0.15) is 6.54 Å². The van der Waals surface area contributed by atoms with Crippen molar-refractivity contribution in [2.24, 2.45) is 0 Å². The van der Waals surface area contributed by atoms with E-state index in [1.54, 1.807) is 7.11 Å². The van der Waals surface area contributed by atoms with Gasteiger partial charge >= 0.3 is 0 Å². The fourth-order valence-corrected chi connectivity index (χ4v) is 2.58. The van der Waals surface area contributed by atoms with E-state index >= 15 is 0 Å². The minimum absolute atomic E-state index is 0.0108. The van der Waals surface area contributed by atoms with Gasteiger partial charge in [-0.05, 0) is 26.7 Å². The second-order valence-electron chi connectivity index (χ2n) is 5.82. The van der Waals surface area contributed by atoms with E-state index in [1.165, 1.54) is 10.6 Å². The number of nitrogens with one attached hydrogen (secondary N) is 1. The van der Waals surface area contributed by atoms with Crippen LogP contribution in [0.25, 0.3) is 0 Å². The van der Waals surface area contributed by atoms with Crippen molar-refractivity contribution in [2.75, 3.05) is 25.1 Å². The second-order valence-corrected chi connectivity index (χ2v) is 5.82. The molecule has 1 aromatic rings. The standard InChI is InChI=1S/C15H24N4O3/c1-11(2)16-13(20)9-19-14(21)8-12(10-22-3)17-15(19)18-6-4-5-7-18/h8,11H,4-7,9-10H2,1-3H3,(H,16,20). The molecule has 1 N–H and O–H groups in total. The maximum absolute atomic E-state index is 12.4. The van der Waals surface area contributed by atoms with Gasteiger partial charge in [0.2, 0.25) is 11.9 Å². The van der Waals surface area contributed by atoms with E-state index in [1.807, 2.05) is 13.8 Å². The quantitative estimate of drug-likeness (QED) is 0.829. The van der Waals surface area contributed by atoms with Crippen LogP contribution in [0.4, 0.5) is 5.95 Å². The second kappa shape index (κ2) is 7.40. The zero-order chi connectivity index (χ0) is 16.1. The SMILES string of the molecule is COCc1cc(=O)n(CC(=O)NC(C)C)c(N2CCCC2)n1. The molecular formula is C15H24N4O3. The molecule has 22 heavy (non-hydrogen) atoms. The number of hydrogen-bond donors (Lipinski definition) is 1. The number of nitrogens with zero attached hydrogens (tertiary/aromatic N) is 3. The molecule has 1 fully saturated rings. The van der Waals surface area contributed by atoms with Gasteiger partial charge in [-0.3, -0.25) is 14.2 Å². The first-order valence-corrected chi connectivity index (χ1v) is 7.65. The van der Waals surface area contributed by atoms with Crippen molar-refractivity contribution in [3.05, 3.63) is 22.1 Å². The summed E-state index contributed by atoms with van der Waals surface area (Å²) < 4.78 is 6.51. The van der Waals surface area contributed by atoms with Gasteiger partial charge in [-0.2, -0.15) is 0 Å². The number of amides is 1. The third kappa shape index (κ3) is 4.07. The predicted molar refractivity (Wildman–Crippen MR) is 83.9 cm³/mol. The van der Waals surface area contributed by atoms with E-state index in [0.29, 0.717) is 11.6 Å². The average molecular weight is 308 g/mol. The first-order chi connectivity index (χ1) is 10.5. The Morgan fingerprint density at radius 1 is 1.41 bits per heavy atom. The lowest BCUT2D eigenvalue weighted by Gasteiger charge is -2.22. The van der Waals surface area contributed by atoms with Crippen molar-refractivity contribution < 1.29 is 9.53 Å². The Hall–Kier alpha value is -1.89. The minimum atomic E-state index is -0.220. The number of carbonyl (C=O) groups excluding carboxylic acids is 1. The molecule has 2 heterocycles. The third-order valence-electron chi connectivity index (χ3n) is 3.47. The van der Waals surface area contributed by atoms with Crippen LogP contribution in [0.5, 0.6) is 0 Å². The van der Waals surface area contributed by atoms with Gasteiger partial charge < -0.3 is 15.0 Å². The van der Waals surface area contributed by atoms with E-state index in [4.69, 9.17) is 4.74 Å². The molecule has 0 aliphatic carbocycles. The van der Waals surface area contributed by atoms with Crippen LogP contribution in [-0.4, -0.2) is 41.7 Å². The van der Waals surface area contributed by atoms with E-state index in [9.17, 15) is 9.59 Å². The number of ether oxygens (including phenoxy) is 1. The molecule has 2 rings (SSSR count). The summed E-state index contributed by atoms with van der Waals surface area (Å²) in [4.78, 5) is 31.0. The summed E-state index contributed by atoms with van der Waals surface area (Å²) in [5.41, 5.74) is 0.373. The molecule has 122 valence electrons. The largest absolute Gasteiger partial charge is 0.378 e. The van der Waals surface area contributed by atoms with Gasteiger partial charge in [0.05, 0.1) is 12.3 Å². The molecule has 0 bridgehead atoms. The van der Waals surface area contributed by atoms with Crippen LogP contribution in [0.2, 0.25) is 0 Å². The van der Waals surface area contributed by atoms with E-state index in [2.05, 4.69) is 15.2 Å². The highest BCUT2D eigenvalue weighted by atomic mass is 16.5. The van der Waals surface area contributed by atoms with Gasteiger partial charge in [0.15, 0.2) is 0 Å². The van der Waals surface area contributed by atoms with Crippen LogP contribution in [-0.2, 0) is 22.7 Å². The van der Waals surface area contributed by atoms with Crippen LogP contribution in [0.3, 0.4) is 0 Å². The predicted octanol–water partition coefficient (Wildman–Crippen LogP) is 0.515. The van der Waals surface area contributed by atoms with Crippen molar-refractivity contribution in [3.8, 4) is 0 Å². The van der Waals surface area contributed by atoms with E-state index in [0.717, 1.165) is 25.9 Å². The highest BCUT2D eigenvalue weighted by Crippen LogP contribution is 2.17. The van der Waals surface area contributed by atoms with Crippen LogP contribution in [0, 0.1) is 0 Å². The lowest BCUT2D eigenvalue weighted by molar-refractivity contribution is -0.122. The summed E-state index contributed by atoms with van der Waals surface area (Å²) >= 11 is 0. The Kier molecular flexibility index (Phi) is 5.54.